The van der Waals surface area contributed by atoms with Gasteiger partial charge in [0.15, 0.2) is 6.10 Å². The third-order valence-electron chi connectivity index (χ3n) is 11.5. The van der Waals surface area contributed by atoms with Crippen molar-refractivity contribution >= 4 is 17.9 Å². The van der Waals surface area contributed by atoms with Crippen LogP contribution in [0.4, 0.5) is 0 Å². The first-order chi connectivity index (χ1) is 32.1. The summed E-state index contributed by atoms with van der Waals surface area (Å²) in [6.07, 6.45) is 57.2. The number of rotatable bonds is 49. The fourth-order valence-electron chi connectivity index (χ4n) is 7.39. The molecule has 0 bridgehead atoms. The number of carbonyl (C=O) groups is 3. The maximum atomic E-state index is 12.8. The Kier molecular flexibility index (Phi) is 46.2. The van der Waals surface area contributed by atoms with Crippen molar-refractivity contribution in [3.8, 4) is 0 Å². The van der Waals surface area contributed by atoms with Crippen molar-refractivity contribution in [2.45, 2.75) is 238 Å². The topological polar surface area (TPSA) is 108 Å². The van der Waals surface area contributed by atoms with E-state index in [1.54, 1.807) is 0 Å². The van der Waals surface area contributed by atoms with Crippen LogP contribution in [0.1, 0.15) is 226 Å². The molecule has 0 saturated carbocycles. The Bertz CT molecular complexity index is 1270. The predicted octanol–water partition coefficient (Wildman–Crippen LogP) is 15.3. The summed E-state index contributed by atoms with van der Waals surface area (Å²) < 4.78 is 22.8. The minimum absolute atomic E-state index is 0.181. The average Bonchev–Trinajstić information content (AvgIpc) is 3.28. The second kappa shape index (κ2) is 48.4. The molecule has 2 atom stereocenters. The highest BCUT2D eigenvalue weighted by Gasteiger charge is 2.25. The van der Waals surface area contributed by atoms with Crippen molar-refractivity contribution in [3.05, 3.63) is 60.8 Å². The molecule has 0 radical (unpaired) electrons. The number of unbranched alkanes of at least 4 members (excludes halogenated alkanes) is 24. The molecule has 0 fully saturated rings. The lowest BCUT2D eigenvalue weighted by atomic mass is 10.0. The van der Waals surface area contributed by atoms with Crippen molar-refractivity contribution in [1.82, 2.24) is 0 Å². The number of quaternary nitrogens is 1. The Labute approximate surface area is 405 Å². The van der Waals surface area contributed by atoms with Gasteiger partial charge in [-0.15, -0.1) is 0 Å². The molecule has 1 N–H and O–H groups in total. The van der Waals surface area contributed by atoms with E-state index < -0.39 is 24.3 Å². The summed E-state index contributed by atoms with van der Waals surface area (Å²) in [5.74, 6) is -2.00. The van der Waals surface area contributed by atoms with Gasteiger partial charge in [0.1, 0.15) is 13.2 Å². The molecule has 0 aromatic rings. The number of allylic oxidation sites excluding steroid dienone is 10. The molecule has 0 amide bonds. The Morgan fingerprint density at radius 2 is 0.864 bits per heavy atom. The highest BCUT2D eigenvalue weighted by molar-refractivity contribution is 5.71. The minimum atomic E-state index is -1.51. The molecule has 0 spiro atoms. The number of hydrogen-bond donors (Lipinski definition) is 1. The lowest BCUT2D eigenvalue weighted by Gasteiger charge is -2.25. The Hall–Kier alpha value is -3.01. The van der Waals surface area contributed by atoms with Gasteiger partial charge in [0.05, 0.1) is 34.4 Å². The van der Waals surface area contributed by atoms with E-state index in [0.29, 0.717) is 17.4 Å². The lowest BCUT2D eigenvalue weighted by molar-refractivity contribution is -0.870. The summed E-state index contributed by atoms with van der Waals surface area (Å²) in [7, 11) is 5.96. The van der Waals surface area contributed by atoms with Gasteiger partial charge in [0.25, 0.3) is 6.29 Å². The number of carboxylic acid groups (broad SMARTS) is 1. The first-order valence-corrected chi connectivity index (χ1v) is 27.0. The van der Waals surface area contributed by atoms with Gasteiger partial charge in [-0.05, 0) is 57.8 Å². The largest absolute Gasteiger partial charge is 0.477 e. The van der Waals surface area contributed by atoms with E-state index in [4.69, 9.17) is 18.9 Å². The first-order valence-electron chi connectivity index (χ1n) is 27.0. The quantitative estimate of drug-likeness (QED) is 0.0211. The summed E-state index contributed by atoms with van der Waals surface area (Å²) in [6, 6.07) is 0. The van der Waals surface area contributed by atoms with Crippen molar-refractivity contribution in [2.75, 3.05) is 47.5 Å². The van der Waals surface area contributed by atoms with Crippen LogP contribution in [0, 0.1) is 0 Å². The van der Waals surface area contributed by atoms with Gasteiger partial charge in [-0.3, -0.25) is 9.59 Å². The fraction of sp³-hybridized carbons (Fsp3) is 0.772. The fourth-order valence-corrected chi connectivity index (χ4v) is 7.39. The maximum absolute atomic E-state index is 12.8. The molecule has 0 saturated heterocycles. The number of likely N-dealkylation sites (N-methyl/N-ethyl adjacent to an activating group) is 1. The van der Waals surface area contributed by atoms with E-state index in [0.717, 1.165) is 70.6 Å². The van der Waals surface area contributed by atoms with Crippen molar-refractivity contribution in [1.29, 1.82) is 0 Å². The summed E-state index contributed by atoms with van der Waals surface area (Å²) in [5, 5.41) is 9.67. The van der Waals surface area contributed by atoms with Crippen LogP contribution in [-0.4, -0.2) is 87.4 Å². The summed E-state index contributed by atoms with van der Waals surface area (Å²) in [4.78, 5) is 37.3. The Balaban J connectivity index is 4.18. The number of ether oxygens (including phenoxy) is 4. The molecule has 0 aromatic carbocycles. The van der Waals surface area contributed by atoms with E-state index in [1.165, 1.54) is 128 Å². The number of hydrogen-bond acceptors (Lipinski definition) is 7. The third-order valence-corrected chi connectivity index (χ3v) is 11.5. The zero-order valence-electron chi connectivity index (χ0n) is 43.3. The molecule has 0 aliphatic carbocycles. The second-order valence-electron chi connectivity index (χ2n) is 19.2. The molecule has 66 heavy (non-hydrogen) atoms. The Morgan fingerprint density at radius 1 is 0.470 bits per heavy atom. The van der Waals surface area contributed by atoms with Gasteiger partial charge in [-0.1, -0.05) is 216 Å². The van der Waals surface area contributed by atoms with E-state index in [9.17, 15) is 19.5 Å². The van der Waals surface area contributed by atoms with Crippen LogP contribution in [0.25, 0.3) is 0 Å². The summed E-state index contributed by atoms with van der Waals surface area (Å²) in [6.45, 7) is 4.76. The highest BCUT2D eigenvalue weighted by atomic mass is 16.7. The van der Waals surface area contributed by atoms with Crippen LogP contribution in [0.15, 0.2) is 60.8 Å². The van der Waals surface area contributed by atoms with Crippen molar-refractivity contribution in [3.63, 3.8) is 0 Å². The lowest BCUT2D eigenvalue weighted by Crippen LogP contribution is -2.40. The standard InChI is InChI=1S/C57H101NO8/c1-6-8-10-12-14-16-18-20-21-22-23-24-25-26-27-28-29-30-31-32-33-34-35-36-38-40-42-44-46-48-55(60)66-53(52-65-57(56(61)62)63-50-49-58(3,4)5)51-64-54(59)47-45-43-41-39-37-19-17-15-13-11-9-7-2/h8,10,14,16,20-21,23-24,26-27,53,57H,6-7,9,11-13,15,17-19,22,25,28-52H2,1-5H3/p+1/b10-8-,16-14-,21-20-,24-23-,27-26-. The Morgan fingerprint density at radius 3 is 1.29 bits per heavy atom. The number of aliphatic carboxylic acids is 1. The molecule has 9 nitrogen and oxygen atoms in total. The van der Waals surface area contributed by atoms with E-state index in [1.807, 2.05) is 21.1 Å². The number of esters is 2. The van der Waals surface area contributed by atoms with Gasteiger partial charge in [-0.2, -0.15) is 0 Å². The molecule has 0 aromatic heterocycles. The smallest absolute Gasteiger partial charge is 0.361 e. The van der Waals surface area contributed by atoms with Gasteiger partial charge < -0.3 is 28.5 Å². The van der Waals surface area contributed by atoms with Crippen LogP contribution < -0.4 is 0 Å². The monoisotopic (exact) mass is 929 g/mol. The zero-order chi connectivity index (χ0) is 48.4. The summed E-state index contributed by atoms with van der Waals surface area (Å²) in [5.41, 5.74) is 0. The SMILES string of the molecule is CC/C=C\C/C=C\C/C=C\C/C=C\C/C=C\CCCCCCCCCCCCCCCC(=O)OC(COC(=O)CCCCCCCCCCCCCC)COC(OCC[N+](C)(C)C)C(=O)O. The normalized spacial score (nSPS) is 13.3. The molecule has 0 heterocycles. The van der Waals surface area contributed by atoms with E-state index in [-0.39, 0.29) is 32.2 Å². The zero-order valence-corrected chi connectivity index (χ0v) is 43.3. The molecule has 9 heteroatoms. The molecule has 2 unspecified atom stereocenters. The molecule has 0 rings (SSSR count). The molecular weight excluding hydrogens is 827 g/mol. The maximum Gasteiger partial charge on any atom is 0.361 e. The molecule has 0 aliphatic rings. The second-order valence-corrected chi connectivity index (χ2v) is 19.2. The highest BCUT2D eigenvalue weighted by Crippen LogP contribution is 2.16. The minimum Gasteiger partial charge on any atom is -0.477 e. The van der Waals surface area contributed by atoms with Gasteiger partial charge in [0, 0.05) is 12.8 Å². The number of carbonyl (C=O) groups excluding carboxylic acids is 2. The number of carboxylic acids is 1. The van der Waals surface area contributed by atoms with Crippen molar-refractivity contribution < 1.29 is 42.9 Å². The molecule has 382 valence electrons. The van der Waals surface area contributed by atoms with Crippen LogP contribution in [0.2, 0.25) is 0 Å². The average molecular weight is 929 g/mol. The van der Waals surface area contributed by atoms with Gasteiger partial charge in [-0.25, -0.2) is 4.79 Å². The van der Waals surface area contributed by atoms with Crippen LogP contribution in [-0.2, 0) is 33.3 Å². The van der Waals surface area contributed by atoms with Gasteiger partial charge >= 0.3 is 17.9 Å². The molecular formula is C57H102NO8+. The first kappa shape index (κ1) is 63.0. The van der Waals surface area contributed by atoms with E-state index >= 15 is 0 Å². The van der Waals surface area contributed by atoms with Crippen LogP contribution >= 0.6 is 0 Å². The molecule has 0 aliphatic heterocycles. The third kappa shape index (κ3) is 48.9. The van der Waals surface area contributed by atoms with Crippen LogP contribution in [0.5, 0.6) is 0 Å². The number of nitrogens with zero attached hydrogens (tertiary/aromatic N) is 1. The van der Waals surface area contributed by atoms with Crippen LogP contribution in [0.3, 0.4) is 0 Å². The van der Waals surface area contributed by atoms with Crippen molar-refractivity contribution in [2.24, 2.45) is 0 Å². The van der Waals surface area contributed by atoms with E-state index in [2.05, 4.69) is 74.6 Å². The summed E-state index contributed by atoms with van der Waals surface area (Å²) >= 11 is 0. The predicted molar refractivity (Wildman–Crippen MR) is 276 cm³/mol. The van der Waals surface area contributed by atoms with Gasteiger partial charge in [0.2, 0.25) is 0 Å².